The molecule has 5 nitrogen and oxygen atoms in total. The Hall–Kier alpha value is -3.86. The van der Waals surface area contributed by atoms with Crippen LogP contribution >= 0.6 is 0 Å². The summed E-state index contributed by atoms with van der Waals surface area (Å²) in [5.74, 6) is 2.59. The van der Waals surface area contributed by atoms with E-state index in [9.17, 15) is 0 Å². The highest BCUT2D eigenvalue weighted by molar-refractivity contribution is 5.97. The van der Waals surface area contributed by atoms with Gasteiger partial charge in [-0.05, 0) is 43.3 Å². The maximum absolute atomic E-state index is 6.10. The number of nitrogens with zero attached hydrogens (tertiary/aromatic N) is 2. The number of rotatable bonds is 6. The maximum atomic E-state index is 6.10. The Bertz CT molecular complexity index is 1120. The van der Waals surface area contributed by atoms with Crippen molar-refractivity contribution in [2.75, 3.05) is 6.61 Å². The molecule has 0 spiro atoms. The topological polar surface area (TPSA) is 73.6 Å². The van der Waals surface area contributed by atoms with Gasteiger partial charge in [0.2, 0.25) is 0 Å². The van der Waals surface area contributed by atoms with Crippen LogP contribution in [0.25, 0.3) is 22.6 Å². The Morgan fingerprint density at radius 1 is 0.966 bits per heavy atom. The van der Waals surface area contributed by atoms with E-state index in [-0.39, 0.29) is 0 Å². The van der Waals surface area contributed by atoms with E-state index in [1.54, 1.807) is 6.20 Å². The van der Waals surface area contributed by atoms with E-state index < -0.39 is 0 Å². The first-order valence-electron chi connectivity index (χ1n) is 9.42. The van der Waals surface area contributed by atoms with E-state index in [2.05, 4.69) is 9.98 Å². The summed E-state index contributed by atoms with van der Waals surface area (Å²) in [4.78, 5) is 8.71. The molecule has 29 heavy (non-hydrogen) atoms. The largest absolute Gasteiger partial charge is 0.493 e. The zero-order chi connectivity index (χ0) is 20.1. The summed E-state index contributed by atoms with van der Waals surface area (Å²) in [6, 6.07) is 25.1. The molecule has 2 N–H and O–H groups in total. The van der Waals surface area contributed by atoms with Crippen molar-refractivity contribution in [3.05, 3.63) is 90.8 Å². The number of ether oxygens (including phenoxy) is 1. The van der Waals surface area contributed by atoms with Crippen LogP contribution in [0.4, 0.5) is 5.69 Å². The lowest BCUT2D eigenvalue weighted by Crippen LogP contribution is -2.14. The molecule has 5 heteroatoms. The van der Waals surface area contributed by atoms with Gasteiger partial charge < -0.3 is 14.9 Å². The average Bonchev–Trinajstić information content (AvgIpc) is 3.25. The van der Waals surface area contributed by atoms with E-state index in [4.69, 9.17) is 14.9 Å². The van der Waals surface area contributed by atoms with E-state index >= 15 is 0 Å². The van der Waals surface area contributed by atoms with Crippen LogP contribution in [0, 0.1) is 0 Å². The number of aliphatic imine (C=N–C) groups is 1. The van der Waals surface area contributed by atoms with Gasteiger partial charge >= 0.3 is 0 Å². The Morgan fingerprint density at radius 3 is 2.52 bits per heavy atom. The quantitative estimate of drug-likeness (QED) is 0.355. The predicted octanol–water partition coefficient (Wildman–Crippen LogP) is 5.44. The molecular formula is C24H21N3O2. The SMILES string of the molecule is CCOc1cc(N=C(N)c2ccccn2)ccc1-c1ccc(-c2ccccc2)o1. The lowest BCUT2D eigenvalue weighted by Gasteiger charge is -2.10. The van der Waals surface area contributed by atoms with E-state index in [0.29, 0.717) is 29.6 Å². The van der Waals surface area contributed by atoms with E-state index in [1.165, 1.54) is 0 Å². The number of nitrogens with two attached hydrogens (primary N) is 1. The minimum atomic E-state index is 0.352. The number of pyridine rings is 1. The van der Waals surface area contributed by atoms with Crippen molar-refractivity contribution >= 4 is 11.5 Å². The molecular weight excluding hydrogens is 362 g/mol. The fourth-order valence-electron chi connectivity index (χ4n) is 3.01. The number of hydrogen-bond acceptors (Lipinski definition) is 4. The monoisotopic (exact) mass is 383 g/mol. The van der Waals surface area contributed by atoms with Crippen LogP contribution in [0.5, 0.6) is 5.75 Å². The first-order chi connectivity index (χ1) is 14.2. The molecule has 0 atom stereocenters. The normalized spacial score (nSPS) is 11.4. The molecule has 144 valence electrons. The van der Waals surface area contributed by atoms with Gasteiger partial charge in [0.1, 0.15) is 28.8 Å². The van der Waals surface area contributed by atoms with Gasteiger partial charge in [-0.15, -0.1) is 0 Å². The number of hydrogen-bond donors (Lipinski definition) is 1. The molecule has 0 aliphatic rings. The molecule has 0 saturated heterocycles. The van der Waals surface area contributed by atoms with Crippen LogP contribution in [0.2, 0.25) is 0 Å². The smallest absolute Gasteiger partial charge is 0.150 e. The standard InChI is InChI=1S/C24H21N3O2/c1-2-28-23-16-18(27-24(25)20-10-6-7-15-26-20)11-12-19(23)22-14-13-21(29-22)17-8-4-3-5-9-17/h3-16H,2H2,1H3,(H2,25,27). The van der Waals surface area contributed by atoms with Gasteiger partial charge in [0.15, 0.2) is 0 Å². The first kappa shape index (κ1) is 18.5. The summed E-state index contributed by atoms with van der Waals surface area (Å²) in [6.07, 6.45) is 1.69. The number of benzene rings is 2. The minimum Gasteiger partial charge on any atom is -0.493 e. The van der Waals surface area contributed by atoms with Gasteiger partial charge in [0.05, 0.1) is 17.9 Å². The molecule has 2 heterocycles. The molecule has 0 radical (unpaired) electrons. The van der Waals surface area contributed by atoms with Crippen LogP contribution in [0.15, 0.2) is 94.5 Å². The molecule has 4 rings (SSSR count). The first-order valence-corrected chi connectivity index (χ1v) is 9.42. The summed E-state index contributed by atoms with van der Waals surface area (Å²) in [5.41, 5.74) is 9.31. The summed E-state index contributed by atoms with van der Waals surface area (Å²) in [6.45, 7) is 2.47. The Balaban J connectivity index is 1.67. The van der Waals surface area contributed by atoms with Crippen LogP contribution < -0.4 is 10.5 Å². The van der Waals surface area contributed by atoms with Crippen molar-refractivity contribution in [3.63, 3.8) is 0 Å². The number of furan rings is 1. The highest BCUT2D eigenvalue weighted by Gasteiger charge is 2.13. The molecule has 0 aliphatic heterocycles. The second-order valence-corrected chi connectivity index (χ2v) is 6.36. The van der Waals surface area contributed by atoms with Crippen LogP contribution in [0.3, 0.4) is 0 Å². The van der Waals surface area contributed by atoms with Gasteiger partial charge in [-0.3, -0.25) is 4.98 Å². The van der Waals surface area contributed by atoms with Crippen molar-refractivity contribution in [2.24, 2.45) is 10.7 Å². The number of amidine groups is 1. The molecule has 2 aromatic heterocycles. The summed E-state index contributed by atoms with van der Waals surface area (Å²) in [5, 5.41) is 0. The van der Waals surface area contributed by atoms with Crippen molar-refractivity contribution in [2.45, 2.75) is 6.92 Å². The Kier molecular flexibility index (Phi) is 5.38. The van der Waals surface area contributed by atoms with Crippen molar-refractivity contribution < 1.29 is 9.15 Å². The highest BCUT2D eigenvalue weighted by atomic mass is 16.5. The van der Waals surface area contributed by atoms with Crippen LogP contribution in [-0.4, -0.2) is 17.4 Å². The summed E-state index contributed by atoms with van der Waals surface area (Å²) >= 11 is 0. The van der Waals surface area contributed by atoms with E-state index in [1.807, 2.05) is 85.8 Å². The molecule has 4 aromatic rings. The lowest BCUT2D eigenvalue weighted by atomic mass is 10.1. The summed E-state index contributed by atoms with van der Waals surface area (Å²) < 4.78 is 11.9. The predicted molar refractivity (Wildman–Crippen MR) is 115 cm³/mol. The summed E-state index contributed by atoms with van der Waals surface area (Å²) in [7, 11) is 0. The minimum absolute atomic E-state index is 0.352. The van der Waals surface area contributed by atoms with Crippen LogP contribution in [0.1, 0.15) is 12.6 Å². The van der Waals surface area contributed by atoms with Gasteiger partial charge in [-0.1, -0.05) is 36.4 Å². The molecule has 0 unspecified atom stereocenters. The molecule has 2 aromatic carbocycles. The Morgan fingerprint density at radius 2 is 1.76 bits per heavy atom. The third-order valence-corrected chi connectivity index (χ3v) is 4.37. The average molecular weight is 383 g/mol. The van der Waals surface area contributed by atoms with Crippen molar-refractivity contribution in [1.29, 1.82) is 0 Å². The maximum Gasteiger partial charge on any atom is 0.150 e. The van der Waals surface area contributed by atoms with Crippen molar-refractivity contribution in [3.8, 4) is 28.4 Å². The van der Waals surface area contributed by atoms with Gasteiger partial charge in [0, 0.05) is 17.8 Å². The second kappa shape index (κ2) is 8.44. The Labute approximate surface area is 169 Å². The fourth-order valence-corrected chi connectivity index (χ4v) is 3.01. The second-order valence-electron chi connectivity index (χ2n) is 6.36. The van der Waals surface area contributed by atoms with Crippen molar-refractivity contribution in [1.82, 2.24) is 4.98 Å². The third kappa shape index (κ3) is 4.19. The fraction of sp³-hybridized carbons (Fsp3) is 0.0833. The third-order valence-electron chi connectivity index (χ3n) is 4.37. The molecule has 0 bridgehead atoms. The van der Waals surface area contributed by atoms with E-state index in [0.717, 1.165) is 22.6 Å². The highest BCUT2D eigenvalue weighted by Crippen LogP contribution is 2.36. The number of aromatic nitrogens is 1. The zero-order valence-corrected chi connectivity index (χ0v) is 16.1. The lowest BCUT2D eigenvalue weighted by molar-refractivity contribution is 0.341. The molecule has 0 amide bonds. The van der Waals surface area contributed by atoms with Crippen LogP contribution in [-0.2, 0) is 0 Å². The van der Waals surface area contributed by atoms with Gasteiger partial charge in [-0.25, -0.2) is 4.99 Å². The molecule has 0 saturated carbocycles. The van der Waals surface area contributed by atoms with Gasteiger partial charge in [0.25, 0.3) is 0 Å². The van der Waals surface area contributed by atoms with Gasteiger partial charge in [-0.2, -0.15) is 0 Å². The zero-order valence-electron chi connectivity index (χ0n) is 16.1. The molecule has 0 aliphatic carbocycles. The molecule has 0 fully saturated rings.